The third-order valence-electron chi connectivity index (χ3n) is 4.81. The maximum Gasteiger partial charge on any atom is 0.0246 e. The first-order valence-electron chi connectivity index (χ1n) is 7.14. The minimum Gasteiger partial charge on any atom is -0.317 e. The number of piperidine rings is 2. The van der Waals surface area contributed by atoms with Crippen molar-refractivity contribution >= 4 is 0 Å². The molecule has 3 heterocycles. The highest BCUT2D eigenvalue weighted by Crippen LogP contribution is 2.32. The third-order valence-corrected chi connectivity index (χ3v) is 4.81. The van der Waals surface area contributed by atoms with E-state index in [4.69, 9.17) is 0 Å². The second-order valence-electron chi connectivity index (χ2n) is 5.79. The lowest BCUT2D eigenvalue weighted by atomic mass is 9.78. The van der Waals surface area contributed by atoms with Crippen LogP contribution in [0.4, 0.5) is 0 Å². The van der Waals surface area contributed by atoms with Gasteiger partial charge in [-0.1, -0.05) is 6.42 Å². The zero-order valence-corrected chi connectivity index (χ0v) is 10.3. The van der Waals surface area contributed by atoms with Crippen LogP contribution in [0.2, 0.25) is 0 Å². The molecule has 0 aliphatic carbocycles. The lowest BCUT2D eigenvalue weighted by Gasteiger charge is -2.45. The fourth-order valence-corrected chi connectivity index (χ4v) is 3.80. The van der Waals surface area contributed by atoms with E-state index in [9.17, 15) is 0 Å². The van der Waals surface area contributed by atoms with Gasteiger partial charge in [-0.3, -0.25) is 5.43 Å². The normalized spacial score (nSPS) is 38.2. The predicted molar refractivity (Wildman–Crippen MR) is 66.0 cm³/mol. The topological polar surface area (TPSA) is 27.3 Å². The summed E-state index contributed by atoms with van der Waals surface area (Å²) in [5.74, 6) is 1.93. The Balaban J connectivity index is 1.57. The van der Waals surface area contributed by atoms with Crippen LogP contribution in [-0.4, -0.2) is 37.2 Å². The van der Waals surface area contributed by atoms with Crippen LogP contribution in [0, 0.1) is 11.8 Å². The highest BCUT2D eigenvalue weighted by molar-refractivity contribution is 4.87. The van der Waals surface area contributed by atoms with E-state index >= 15 is 0 Å². The van der Waals surface area contributed by atoms with Crippen molar-refractivity contribution in [2.75, 3.05) is 26.2 Å². The lowest BCUT2D eigenvalue weighted by molar-refractivity contribution is 0.00850. The molecule has 0 radical (unpaired) electrons. The summed E-state index contributed by atoms with van der Waals surface area (Å²) >= 11 is 0. The number of nitrogens with zero attached hydrogens (tertiary/aromatic N) is 1. The Morgan fingerprint density at radius 2 is 1.81 bits per heavy atom. The van der Waals surface area contributed by atoms with Gasteiger partial charge in [-0.25, -0.2) is 5.01 Å². The van der Waals surface area contributed by atoms with Crippen molar-refractivity contribution in [3.8, 4) is 0 Å². The number of hydrogen-bond acceptors (Lipinski definition) is 3. The number of rotatable bonds is 1. The molecule has 3 nitrogen and oxygen atoms in total. The summed E-state index contributed by atoms with van der Waals surface area (Å²) in [6.07, 6.45) is 8.52. The van der Waals surface area contributed by atoms with Gasteiger partial charge in [0, 0.05) is 19.1 Å². The van der Waals surface area contributed by atoms with E-state index in [-0.39, 0.29) is 0 Å². The fraction of sp³-hybridized carbons (Fsp3) is 1.00. The van der Waals surface area contributed by atoms with Gasteiger partial charge in [-0.05, 0) is 57.0 Å². The summed E-state index contributed by atoms with van der Waals surface area (Å²) in [5.41, 5.74) is 3.68. The summed E-state index contributed by atoms with van der Waals surface area (Å²) in [6, 6.07) is 0.849. The van der Waals surface area contributed by atoms with Crippen molar-refractivity contribution in [2.45, 2.75) is 44.6 Å². The molecule has 3 heteroatoms. The van der Waals surface area contributed by atoms with Crippen molar-refractivity contribution < 1.29 is 0 Å². The maximum absolute atomic E-state index is 3.68. The van der Waals surface area contributed by atoms with E-state index in [2.05, 4.69) is 15.8 Å². The molecule has 0 bridgehead atoms. The summed E-state index contributed by atoms with van der Waals surface area (Å²) < 4.78 is 0. The van der Waals surface area contributed by atoms with E-state index in [1.165, 1.54) is 64.7 Å². The van der Waals surface area contributed by atoms with Gasteiger partial charge < -0.3 is 5.32 Å². The maximum atomic E-state index is 3.68. The zero-order chi connectivity index (χ0) is 10.8. The summed E-state index contributed by atoms with van der Waals surface area (Å²) in [5, 5.41) is 6.01. The quantitative estimate of drug-likeness (QED) is 0.703. The number of hydrogen-bond donors (Lipinski definition) is 2. The Morgan fingerprint density at radius 1 is 0.938 bits per heavy atom. The minimum absolute atomic E-state index is 0.849. The molecule has 2 atom stereocenters. The van der Waals surface area contributed by atoms with Crippen molar-refractivity contribution in [1.29, 1.82) is 0 Å². The summed E-state index contributed by atoms with van der Waals surface area (Å²) in [7, 11) is 0. The van der Waals surface area contributed by atoms with Crippen LogP contribution in [-0.2, 0) is 0 Å². The van der Waals surface area contributed by atoms with Crippen LogP contribution >= 0.6 is 0 Å². The van der Waals surface area contributed by atoms with E-state index < -0.39 is 0 Å². The van der Waals surface area contributed by atoms with Crippen LogP contribution < -0.4 is 10.7 Å². The Hall–Kier alpha value is -0.120. The van der Waals surface area contributed by atoms with Gasteiger partial charge in [0.15, 0.2) is 0 Å². The molecule has 0 spiro atoms. The van der Waals surface area contributed by atoms with Gasteiger partial charge in [0.05, 0.1) is 0 Å². The van der Waals surface area contributed by atoms with Crippen LogP contribution in [0.15, 0.2) is 0 Å². The highest BCUT2D eigenvalue weighted by atomic mass is 15.5. The predicted octanol–water partition coefficient (Wildman–Crippen LogP) is 1.36. The van der Waals surface area contributed by atoms with Crippen molar-refractivity contribution in [3.63, 3.8) is 0 Å². The van der Waals surface area contributed by atoms with E-state index in [1.807, 2.05) is 0 Å². The smallest absolute Gasteiger partial charge is 0.0246 e. The monoisotopic (exact) mass is 223 g/mol. The average molecular weight is 223 g/mol. The van der Waals surface area contributed by atoms with Gasteiger partial charge in [-0.2, -0.15) is 0 Å². The first-order chi connectivity index (χ1) is 7.93. The van der Waals surface area contributed by atoms with Gasteiger partial charge in [0.2, 0.25) is 0 Å². The third kappa shape index (κ3) is 2.27. The number of nitrogens with one attached hydrogen (secondary N) is 2. The van der Waals surface area contributed by atoms with Gasteiger partial charge in [0.1, 0.15) is 0 Å². The highest BCUT2D eigenvalue weighted by Gasteiger charge is 2.33. The Bertz CT molecular complexity index is 222. The van der Waals surface area contributed by atoms with Gasteiger partial charge in [0.25, 0.3) is 0 Å². The molecule has 3 aliphatic heterocycles. The molecule has 3 rings (SSSR count). The molecule has 2 unspecified atom stereocenters. The van der Waals surface area contributed by atoms with Gasteiger partial charge >= 0.3 is 0 Å². The molecule has 92 valence electrons. The van der Waals surface area contributed by atoms with E-state index in [1.54, 1.807) is 0 Å². The Kier molecular flexibility index (Phi) is 3.46. The van der Waals surface area contributed by atoms with Crippen LogP contribution in [0.5, 0.6) is 0 Å². The second kappa shape index (κ2) is 5.03. The SMILES string of the molecule is C1CCN2NCC(C3CCNCC3)CC2C1. The Morgan fingerprint density at radius 3 is 2.69 bits per heavy atom. The molecular formula is C13H25N3. The van der Waals surface area contributed by atoms with Crippen LogP contribution in [0.25, 0.3) is 0 Å². The van der Waals surface area contributed by atoms with Crippen molar-refractivity contribution in [3.05, 3.63) is 0 Å². The molecule has 0 aromatic rings. The molecule has 0 saturated carbocycles. The molecule has 0 aromatic heterocycles. The molecule has 16 heavy (non-hydrogen) atoms. The zero-order valence-electron chi connectivity index (χ0n) is 10.3. The minimum atomic E-state index is 0.849. The van der Waals surface area contributed by atoms with Crippen molar-refractivity contribution in [1.82, 2.24) is 15.8 Å². The van der Waals surface area contributed by atoms with Gasteiger partial charge in [-0.15, -0.1) is 0 Å². The molecular weight excluding hydrogens is 198 g/mol. The molecule has 2 N–H and O–H groups in total. The standard InChI is InChI=1S/C13H25N3/c1-2-8-16-13(3-1)9-12(10-15-16)11-4-6-14-7-5-11/h11-15H,1-10H2. The molecule has 3 aliphatic rings. The van der Waals surface area contributed by atoms with Crippen molar-refractivity contribution in [2.24, 2.45) is 11.8 Å². The Labute approximate surface area is 98.9 Å². The van der Waals surface area contributed by atoms with E-state index in [0.29, 0.717) is 0 Å². The first-order valence-corrected chi connectivity index (χ1v) is 7.14. The molecule has 3 fully saturated rings. The largest absolute Gasteiger partial charge is 0.317 e. The number of fused-ring (bicyclic) bond motifs is 1. The molecule has 0 amide bonds. The first kappa shape index (κ1) is 11.0. The second-order valence-corrected chi connectivity index (χ2v) is 5.79. The lowest BCUT2D eigenvalue weighted by Crippen LogP contribution is -2.56. The molecule has 0 aromatic carbocycles. The molecule has 3 saturated heterocycles. The van der Waals surface area contributed by atoms with Crippen LogP contribution in [0.3, 0.4) is 0 Å². The fourth-order valence-electron chi connectivity index (χ4n) is 3.80. The van der Waals surface area contributed by atoms with Crippen LogP contribution in [0.1, 0.15) is 38.5 Å². The summed E-state index contributed by atoms with van der Waals surface area (Å²) in [6.45, 7) is 5.01. The average Bonchev–Trinajstić information content (AvgIpc) is 2.39. The summed E-state index contributed by atoms with van der Waals surface area (Å²) in [4.78, 5) is 0. The number of hydrazine groups is 1. The van der Waals surface area contributed by atoms with E-state index in [0.717, 1.165) is 17.9 Å².